The Kier molecular flexibility index (Phi) is 2.67. The van der Waals surface area contributed by atoms with Gasteiger partial charge in [-0.25, -0.2) is 9.78 Å². The Bertz CT molecular complexity index is 333. The first-order valence-corrected chi connectivity index (χ1v) is 5.56. The highest BCUT2D eigenvalue weighted by atomic mass is 32.1. The maximum absolute atomic E-state index is 10.7. The number of nitrogens with zero attached hydrogens (tertiary/aromatic N) is 1. The molecule has 0 aromatic carbocycles. The molecule has 0 saturated heterocycles. The Labute approximate surface area is 86.0 Å². The van der Waals surface area contributed by atoms with Crippen molar-refractivity contribution in [3.8, 4) is 0 Å². The molecule has 1 heterocycles. The van der Waals surface area contributed by atoms with E-state index >= 15 is 0 Å². The van der Waals surface area contributed by atoms with Crippen LogP contribution < -0.4 is 5.32 Å². The van der Waals surface area contributed by atoms with Gasteiger partial charge in [0.2, 0.25) is 0 Å². The number of carboxylic acids is 1. The van der Waals surface area contributed by atoms with Crippen LogP contribution >= 0.6 is 11.3 Å². The van der Waals surface area contributed by atoms with E-state index in [9.17, 15) is 4.79 Å². The molecule has 2 rings (SSSR count). The van der Waals surface area contributed by atoms with Crippen molar-refractivity contribution in [1.82, 2.24) is 4.98 Å². The van der Waals surface area contributed by atoms with Crippen LogP contribution in [0.5, 0.6) is 0 Å². The van der Waals surface area contributed by atoms with E-state index in [0.29, 0.717) is 5.00 Å². The standard InChI is InChI=1S/C9H12N2O2S/c12-9(13)7-8(14-5-11-7)10-4-6-2-1-3-6/h5-6,10H,1-4H2,(H,12,13). The highest BCUT2D eigenvalue weighted by molar-refractivity contribution is 7.14. The summed E-state index contributed by atoms with van der Waals surface area (Å²) in [6.07, 6.45) is 3.82. The zero-order chi connectivity index (χ0) is 9.97. The van der Waals surface area contributed by atoms with Crippen LogP contribution in [0.2, 0.25) is 0 Å². The second kappa shape index (κ2) is 3.96. The van der Waals surface area contributed by atoms with Crippen LogP contribution in [-0.2, 0) is 0 Å². The van der Waals surface area contributed by atoms with Crippen LogP contribution in [0.25, 0.3) is 0 Å². The summed E-state index contributed by atoms with van der Waals surface area (Å²) in [6, 6.07) is 0. The smallest absolute Gasteiger partial charge is 0.357 e. The molecule has 76 valence electrons. The maximum atomic E-state index is 10.7. The van der Waals surface area contributed by atoms with Gasteiger partial charge in [-0.15, -0.1) is 11.3 Å². The second-order valence-corrected chi connectivity index (χ2v) is 4.37. The molecule has 1 aliphatic rings. The average molecular weight is 212 g/mol. The number of hydrogen-bond acceptors (Lipinski definition) is 4. The number of thiazole rings is 1. The minimum absolute atomic E-state index is 0.148. The summed E-state index contributed by atoms with van der Waals surface area (Å²) in [5.74, 6) is -0.235. The van der Waals surface area contributed by atoms with Crippen molar-refractivity contribution < 1.29 is 9.90 Å². The summed E-state index contributed by atoms with van der Waals surface area (Å²) in [5.41, 5.74) is 1.71. The van der Waals surface area contributed by atoms with E-state index in [1.54, 1.807) is 5.51 Å². The molecule has 0 unspecified atom stereocenters. The van der Waals surface area contributed by atoms with Gasteiger partial charge < -0.3 is 10.4 Å². The van der Waals surface area contributed by atoms with E-state index in [1.165, 1.54) is 30.6 Å². The number of rotatable bonds is 4. The van der Waals surface area contributed by atoms with E-state index in [-0.39, 0.29) is 5.69 Å². The van der Waals surface area contributed by atoms with Gasteiger partial charge >= 0.3 is 5.97 Å². The van der Waals surface area contributed by atoms with Gasteiger partial charge in [-0.1, -0.05) is 6.42 Å². The van der Waals surface area contributed by atoms with Gasteiger partial charge in [-0.3, -0.25) is 0 Å². The molecule has 5 heteroatoms. The van der Waals surface area contributed by atoms with E-state index in [4.69, 9.17) is 5.11 Å². The molecule has 1 aliphatic carbocycles. The molecule has 1 aromatic rings. The molecule has 1 aromatic heterocycles. The molecule has 2 N–H and O–H groups in total. The van der Waals surface area contributed by atoms with Crippen LogP contribution in [0.4, 0.5) is 5.00 Å². The van der Waals surface area contributed by atoms with Crippen molar-refractivity contribution in [3.05, 3.63) is 11.2 Å². The van der Waals surface area contributed by atoms with Gasteiger partial charge in [0.1, 0.15) is 5.00 Å². The Morgan fingerprint density at radius 2 is 2.50 bits per heavy atom. The van der Waals surface area contributed by atoms with Gasteiger partial charge in [-0.2, -0.15) is 0 Å². The molecular formula is C9H12N2O2S. The maximum Gasteiger partial charge on any atom is 0.357 e. The monoisotopic (exact) mass is 212 g/mol. The molecule has 0 amide bonds. The molecule has 14 heavy (non-hydrogen) atoms. The summed E-state index contributed by atoms with van der Waals surface area (Å²) in [4.78, 5) is 14.5. The lowest BCUT2D eigenvalue weighted by molar-refractivity contribution is 0.0692. The van der Waals surface area contributed by atoms with Gasteiger partial charge in [0.05, 0.1) is 5.51 Å². The number of aromatic carboxylic acids is 1. The van der Waals surface area contributed by atoms with Gasteiger partial charge in [0.15, 0.2) is 5.69 Å². The normalized spacial score (nSPS) is 16.3. The van der Waals surface area contributed by atoms with Crippen molar-refractivity contribution in [1.29, 1.82) is 0 Å². The molecule has 1 saturated carbocycles. The Hall–Kier alpha value is -1.10. The van der Waals surface area contributed by atoms with E-state index in [0.717, 1.165) is 12.5 Å². The fraction of sp³-hybridized carbons (Fsp3) is 0.556. The van der Waals surface area contributed by atoms with E-state index in [2.05, 4.69) is 10.3 Å². The molecule has 0 bridgehead atoms. The average Bonchev–Trinajstić information content (AvgIpc) is 2.49. The van der Waals surface area contributed by atoms with Gasteiger partial charge in [0.25, 0.3) is 0 Å². The first-order valence-electron chi connectivity index (χ1n) is 4.68. The lowest BCUT2D eigenvalue weighted by Gasteiger charge is -2.25. The third kappa shape index (κ3) is 1.87. The van der Waals surface area contributed by atoms with Gasteiger partial charge in [-0.05, 0) is 18.8 Å². The van der Waals surface area contributed by atoms with Crippen molar-refractivity contribution in [2.45, 2.75) is 19.3 Å². The van der Waals surface area contributed by atoms with Crippen LogP contribution in [-0.4, -0.2) is 22.6 Å². The summed E-state index contributed by atoms with van der Waals surface area (Å²) in [6.45, 7) is 0.877. The Balaban J connectivity index is 1.94. The summed E-state index contributed by atoms with van der Waals surface area (Å²) in [5, 5.41) is 12.6. The SMILES string of the molecule is O=C(O)c1ncsc1NCC1CCC1. The van der Waals surface area contributed by atoms with Crippen molar-refractivity contribution in [2.24, 2.45) is 5.92 Å². The quantitative estimate of drug-likeness (QED) is 0.801. The number of carbonyl (C=O) groups is 1. The predicted octanol–water partition coefficient (Wildman–Crippen LogP) is 2.05. The molecule has 4 nitrogen and oxygen atoms in total. The third-order valence-corrected chi connectivity index (χ3v) is 3.33. The number of carboxylic acid groups (broad SMARTS) is 1. The number of nitrogens with one attached hydrogen (secondary N) is 1. The molecule has 0 atom stereocenters. The third-order valence-electron chi connectivity index (χ3n) is 2.55. The molecule has 0 spiro atoms. The molecule has 0 radical (unpaired) electrons. The van der Waals surface area contributed by atoms with Gasteiger partial charge in [0, 0.05) is 6.54 Å². The van der Waals surface area contributed by atoms with Crippen LogP contribution in [0.15, 0.2) is 5.51 Å². The van der Waals surface area contributed by atoms with E-state index < -0.39 is 5.97 Å². The summed E-state index contributed by atoms with van der Waals surface area (Å²) < 4.78 is 0. The lowest BCUT2D eigenvalue weighted by atomic mass is 9.85. The first kappa shape index (κ1) is 9.45. The lowest BCUT2D eigenvalue weighted by Crippen LogP contribution is -2.21. The fourth-order valence-corrected chi connectivity index (χ4v) is 2.14. The zero-order valence-corrected chi connectivity index (χ0v) is 8.51. The molecule has 0 aliphatic heterocycles. The topological polar surface area (TPSA) is 62.2 Å². The summed E-state index contributed by atoms with van der Waals surface area (Å²) >= 11 is 1.35. The predicted molar refractivity (Wildman–Crippen MR) is 54.9 cm³/mol. The highest BCUT2D eigenvalue weighted by Gasteiger charge is 2.19. The van der Waals surface area contributed by atoms with Crippen LogP contribution in [0.1, 0.15) is 29.8 Å². The first-order chi connectivity index (χ1) is 6.77. The van der Waals surface area contributed by atoms with E-state index in [1.807, 2.05) is 0 Å². The minimum atomic E-state index is -0.956. The van der Waals surface area contributed by atoms with Crippen molar-refractivity contribution in [3.63, 3.8) is 0 Å². The number of anilines is 1. The van der Waals surface area contributed by atoms with Crippen molar-refractivity contribution in [2.75, 3.05) is 11.9 Å². The van der Waals surface area contributed by atoms with Crippen LogP contribution in [0.3, 0.4) is 0 Å². The fourth-order valence-electron chi connectivity index (χ4n) is 1.46. The zero-order valence-electron chi connectivity index (χ0n) is 7.69. The van der Waals surface area contributed by atoms with Crippen LogP contribution in [0, 0.1) is 5.92 Å². The highest BCUT2D eigenvalue weighted by Crippen LogP contribution is 2.28. The minimum Gasteiger partial charge on any atom is -0.476 e. The number of aromatic nitrogens is 1. The number of hydrogen-bond donors (Lipinski definition) is 2. The summed E-state index contributed by atoms with van der Waals surface area (Å²) in [7, 11) is 0. The Morgan fingerprint density at radius 3 is 3.07 bits per heavy atom. The second-order valence-electron chi connectivity index (χ2n) is 3.51. The molecule has 1 fully saturated rings. The largest absolute Gasteiger partial charge is 0.476 e. The Morgan fingerprint density at radius 1 is 1.71 bits per heavy atom. The van der Waals surface area contributed by atoms with Crippen molar-refractivity contribution >= 4 is 22.3 Å². The molecular weight excluding hydrogens is 200 g/mol.